The zero-order chi connectivity index (χ0) is 20.2. The molecule has 0 radical (unpaired) electrons. The minimum atomic E-state index is -0.354. The van der Waals surface area contributed by atoms with Crippen LogP contribution in [0.1, 0.15) is 16.1 Å². The van der Waals surface area contributed by atoms with Crippen molar-refractivity contribution in [2.45, 2.75) is 6.54 Å². The van der Waals surface area contributed by atoms with E-state index in [0.29, 0.717) is 28.2 Å². The maximum Gasteiger partial charge on any atom is 0.257 e. The fourth-order valence-corrected chi connectivity index (χ4v) is 2.80. The van der Waals surface area contributed by atoms with Gasteiger partial charge in [0, 0.05) is 11.5 Å². The Hall–Kier alpha value is -4.00. The molecule has 4 rings (SSSR count). The molecule has 7 heteroatoms. The van der Waals surface area contributed by atoms with Gasteiger partial charge >= 0.3 is 0 Å². The fourth-order valence-electron chi connectivity index (χ4n) is 2.80. The van der Waals surface area contributed by atoms with Crippen molar-refractivity contribution in [2.75, 3.05) is 7.11 Å². The molecule has 2 heterocycles. The third kappa shape index (κ3) is 4.14. The first kappa shape index (κ1) is 18.4. The van der Waals surface area contributed by atoms with E-state index in [1.165, 1.54) is 12.1 Å². The number of ether oxygens (including phenoxy) is 1. The van der Waals surface area contributed by atoms with E-state index in [4.69, 9.17) is 13.6 Å². The third-order valence-corrected chi connectivity index (χ3v) is 4.28. The molecule has 2 aromatic heterocycles. The zero-order valence-corrected chi connectivity index (χ0v) is 15.6. The number of hydrogen-bond donors (Lipinski definition) is 2. The maximum absolute atomic E-state index is 12.8. The minimum Gasteiger partial charge on any atom is -0.508 e. The number of fused-ring (bicyclic) bond motifs is 1. The predicted molar refractivity (Wildman–Crippen MR) is 106 cm³/mol. The molecule has 0 saturated heterocycles. The third-order valence-electron chi connectivity index (χ3n) is 4.28. The van der Waals surface area contributed by atoms with Crippen molar-refractivity contribution in [1.82, 2.24) is 5.32 Å². The first-order valence-corrected chi connectivity index (χ1v) is 8.88. The van der Waals surface area contributed by atoms with Crippen molar-refractivity contribution in [3.05, 3.63) is 83.8 Å². The highest BCUT2D eigenvalue weighted by Gasteiger charge is 2.13. The topological polar surface area (TPSA) is 97.2 Å². The highest BCUT2D eigenvalue weighted by atomic mass is 16.5. The van der Waals surface area contributed by atoms with Gasteiger partial charge in [-0.05, 0) is 54.6 Å². The number of carbonyl (C=O) groups excluding carboxylic acids is 1. The first-order valence-electron chi connectivity index (χ1n) is 8.88. The van der Waals surface area contributed by atoms with Gasteiger partial charge in [0.25, 0.3) is 5.91 Å². The second-order valence-corrected chi connectivity index (χ2v) is 6.26. The van der Waals surface area contributed by atoms with E-state index in [1.54, 1.807) is 61.9 Å². The number of furan rings is 1. The number of methoxy groups -OCH3 is 1. The summed E-state index contributed by atoms with van der Waals surface area (Å²) in [4.78, 5) is 17.3. The summed E-state index contributed by atoms with van der Waals surface area (Å²) in [6.45, 7) is 0.238. The Labute approximate surface area is 165 Å². The van der Waals surface area contributed by atoms with Crippen LogP contribution in [0.5, 0.6) is 11.5 Å². The van der Waals surface area contributed by atoms with E-state index in [1.807, 2.05) is 0 Å². The van der Waals surface area contributed by atoms with Gasteiger partial charge in [-0.2, -0.15) is 0 Å². The van der Waals surface area contributed by atoms with Crippen LogP contribution in [0.25, 0.3) is 11.0 Å². The van der Waals surface area contributed by atoms with E-state index < -0.39 is 0 Å². The van der Waals surface area contributed by atoms with E-state index in [0.717, 1.165) is 0 Å². The lowest BCUT2D eigenvalue weighted by Crippen LogP contribution is -2.28. The van der Waals surface area contributed by atoms with Crippen LogP contribution in [0.4, 0.5) is 5.69 Å². The number of nitrogens with zero attached hydrogens (tertiary/aromatic N) is 1. The normalized spacial score (nSPS) is 11.6. The largest absolute Gasteiger partial charge is 0.508 e. The van der Waals surface area contributed by atoms with Gasteiger partial charge in [0.1, 0.15) is 28.4 Å². The first-order chi connectivity index (χ1) is 14.1. The van der Waals surface area contributed by atoms with Crippen LogP contribution >= 0.6 is 0 Å². The second-order valence-electron chi connectivity index (χ2n) is 6.26. The fraction of sp³-hybridized carbons (Fsp3) is 0.0909. The summed E-state index contributed by atoms with van der Waals surface area (Å²) < 4.78 is 16.3. The molecule has 0 spiro atoms. The summed E-state index contributed by atoms with van der Waals surface area (Å²) in [5.74, 6) is 1.04. The molecule has 4 aromatic rings. The van der Waals surface area contributed by atoms with Crippen molar-refractivity contribution in [2.24, 2.45) is 4.99 Å². The number of carbonyl (C=O) groups is 1. The minimum absolute atomic E-state index is 0.0617. The lowest BCUT2D eigenvalue weighted by atomic mass is 10.1. The lowest BCUT2D eigenvalue weighted by molar-refractivity contribution is 0.0944. The van der Waals surface area contributed by atoms with Crippen molar-refractivity contribution in [3.63, 3.8) is 0 Å². The molecule has 2 aromatic carbocycles. The predicted octanol–water partition coefficient (Wildman–Crippen LogP) is 3.90. The van der Waals surface area contributed by atoms with E-state index in [2.05, 4.69) is 10.3 Å². The number of nitrogens with one attached hydrogen (secondary N) is 1. The second kappa shape index (κ2) is 7.93. The van der Waals surface area contributed by atoms with Gasteiger partial charge in [-0.15, -0.1) is 0 Å². The maximum atomic E-state index is 12.8. The quantitative estimate of drug-likeness (QED) is 0.539. The van der Waals surface area contributed by atoms with Gasteiger partial charge in [-0.1, -0.05) is 0 Å². The molecule has 0 aliphatic heterocycles. The van der Waals surface area contributed by atoms with Crippen LogP contribution in [0.3, 0.4) is 0 Å². The molecule has 0 unspecified atom stereocenters. The van der Waals surface area contributed by atoms with Crippen molar-refractivity contribution in [1.29, 1.82) is 0 Å². The Morgan fingerprint density at radius 3 is 2.69 bits per heavy atom. The molecular formula is C22H18N2O5. The molecule has 1 amide bonds. The molecule has 0 fully saturated rings. The van der Waals surface area contributed by atoms with Crippen LogP contribution < -0.4 is 15.6 Å². The molecule has 0 aliphatic rings. The van der Waals surface area contributed by atoms with Crippen molar-refractivity contribution >= 4 is 22.6 Å². The summed E-state index contributed by atoms with van der Waals surface area (Å²) in [7, 11) is 1.58. The number of phenols is 1. The molecule has 7 nitrogen and oxygen atoms in total. The Bertz CT molecular complexity index is 1210. The number of benzene rings is 2. The monoisotopic (exact) mass is 390 g/mol. The van der Waals surface area contributed by atoms with Crippen LogP contribution in [0.15, 0.2) is 80.8 Å². The standard InChI is InChI=1S/C22H18N2O5/c1-27-17-8-5-15(6-9-17)24-22-19(21(26)23-13-18-3-2-10-28-18)11-14-4-7-16(25)12-20(14)29-22/h2-12,25H,13H2,1H3,(H,23,26). The molecular weight excluding hydrogens is 372 g/mol. The number of rotatable bonds is 5. The van der Waals surface area contributed by atoms with Crippen LogP contribution in [0, 0.1) is 0 Å². The number of phenolic OH excluding ortho intramolecular Hbond substituents is 1. The summed E-state index contributed by atoms with van der Waals surface area (Å²) in [5, 5.41) is 13.2. The summed E-state index contributed by atoms with van der Waals surface area (Å²) >= 11 is 0. The highest BCUT2D eigenvalue weighted by Crippen LogP contribution is 2.21. The SMILES string of the molecule is COc1ccc(N=c2oc3cc(O)ccc3cc2C(=O)NCc2ccco2)cc1. The van der Waals surface area contributed by atoms with Gasteiger partial charge in [0.2, 0.25) is 5.55 Å². The summed E-state index contributed by atoms with van der Waals surface area (Å²) in [6.07, 6.45) is 1.55. The lowest BCUT2D eigenvalue weighted by Gasteiger charge is -2.06. The molecule has 0 bridgehead atoms. The number of hydrogen-bond acceptors (Lipinski definition) is 6. The van der Waals surface area contributed by atoms with Gasteiger partial charge in [-0.25, -0.2) is 4.99 Å². The van der Waals surface area contributed by atoms with E-state index in [9.17, 15) is 9.90 Å². The van der Waals surface area contributed by atoms with Crippen molar-refractivity contribution in [3.8, 4) is 11.5 Å². The molecule has 0 atom stereocenters. The average Bonchev–Trinajstić information content (AvgIpc) is 3.26. The number of aromatic hydroxyl groups is 1. The average molecular weight is 390 g/mol. The Morgan fingerprint density at radius 2 is 1.97 bits per heavy atom. The highest BCUT2D eigenvalue weighted by molar-refractivity contribution is 5.96. The zero-order valence-electron chi connectivity index (χ0n) is 15.6. The molecule has 0 saturated carbocycles. The van der Waals surface area contributed by atoms with Crippen LogP contribution in [0.2, 0.25) is 0 Å². The molecule has 29 heavy (non-hydrogen) atoms. The van der Waals surface area contributed by atoms with E-state index in [-0.39, 0.29) is 29.3 Å². The van der Waals surface area contributed by atoms with Gasteiger partial charge < -0.3 is 24.0 Å². The van der Waals surface area contributed by atoms with Crippen molar-refractivity contribution < 1.29 is 23.5 Å². The van der Waals surface area contributed by atoms with E-state index >= 15 is 0 Å². The Kier molecular flexibility index (Phi) is 5.03. The van der Waals surface area contributed by atoms with Crippen LogP contribution in [-0.2, 0) is 6.54 Å². The van der Waals surface area contributed by atoms with Gasteiger partial charge in [0.05, 0.1) is 25.6 Å². The van der Waals surface area contributed by atoms with Gasteiger partial charge in [0.15, 0.2) is 0 Å². The molecule has 146 valence electrons. The van der Waals surface area contributed by atoms with Crippen LogP contribution in [-0.4, -0.2) is 18.1 Å². The smallest absolute Gasteiger partial charge is 0.257 e. The summed E-state index contributed by atoms with van der Waals surface area (Å²) in [5.41, 5.74) is 1.41. The summed E-state index contributed by atoms with van der Waals surface area (Å²) in [6, 6.07) is 16.9. The molecule has 2 N–H and O–H groups in total. The number of amides is 1. The Balaban J connectivity index is 1.77. The molecule has 0 aliphatic carbocycles. The van der Waals surface area contributed by atoms with Gasteiger partial charge in [-0.3, -0.25) is 4.79 Å². The Morgan fingerprint density at radius 1 is 1.14 bits per heavy atom.